The maximum Gasteiger partial charge on any atom is 0.123 e. The van der Waals surface area contributed by atoms with E-state index in [2.05, 4.69) is 0 Å². The zero-order valence-electron chi connectivity index (χ0n) is 10.7. The average molecular weight is 250 g/mol. The van der Waals surface area contributed by atoms with Crippen molar-refractivity contribution in [3.8, 4) is 0 Å². The predicted molar refractivity (Wildman–Crippen MR) is 66.9 cm³/mol. The molecule has 98 valence electrons. The second-order valence-electron chi connectivity index (χ2n) is 5.84. The zero-order valence-corrected chi connectivity index (χ0v) is 10.7. The first-order valence-electron chi connectivity index (χ1n) is 6.67. The summed E-state index contributed by atoms with van der Waals surface area (Å²) < 4.78 is 19.0. The van der Waals surface area contributed by atoms with E-state index in [0.29, 0.717) is 19.3 Å². The average Bonchev–Trinajstić information content (AvgIpc) is 2.64. The molecule has 3 heteroatoms. The van der Waals surface area contributed by atoms with Gasteiger partial charge in [0.1, 0.15) is 5.82 Å². The Morgan fingerprint density at radius 1 is 1.33 bits per heavy atom. The maximum absolute atomic E-state index is 13.3. The smallest absolute Gasteiger partial charge is 0.123 e. The summed E-state index contributed by atoms with van der Waals surface area (Å²) >= 11 is 0. The summed E-state index contributed by atoms with van der Waals surface area (Å²) in [6.45, 7) is 1.96. The third-order valence-corrected chi connectivity index (χ3v) is 4.24. The van der Waals surface area contributed by atoms with Gasteiger partial charge >= 0.3 is 0 Å². The van der Waals surface area contributed by atoms with Crippen LogP contribution in [0.5, 0.6) is 0 Å². The van der Waals surface area contributed by atoms with Gasteiger partial charge < -0.3 is 9.84 Å². The fraction of sp³-hybridized carbons (Fsp3) is 0.600. The number of hydrogen-bond acceptors (Lipinski definition) is 2. The summed E-state index contributed by atoms with van der Waals surface area (Å²) in [7, 11) is 0. The molecular weight excluding hydrogens is 231 g/mol. The highest BCUT2D eigenvalue weighted by molar-refractivity contribution is 5.28. The van der Waals surface area contributed by atoms with Crippen LogP contribution in [0.2, 0.25) is 0 Å². The SMILES string of the molecule is Cc1ccc(F)cc1CC1(O)CC2CCC(C1)O2. The van der Waals surface area contributed by atoms with Crippen LogP contribution in [0, 0.1) is 12.7 Å². The third kappa shape index (κ3) is 2.29. The number of aliphatic hydroxyl groups is 1. The van der Waals surface area contributed by atoms with Gasteiger partial charge in [-0.2, -0.15) is 0 Å². The normalized spacial score (nSPS) is 34.8. The van der Waals surface area contributed by atoms with E-state index in [-0.39, 0.29) is 18.0 Å². The molecule has 0 amide bonds. The molecule has 2 heterocycles. The minimum Gasteiger partial charge on any atom is -0.389 e. The van der Waals surface area contributed by atoms with Crippen molar-refractivity contribution >= 4 is 0 Å². The number of fused-ring (bicyclic) bond motifs is 2. The van der Waals surface area contributed by atoms with Crippen LogP contribution in [0.1, 0.15) is 36.8 Å². The Morgan fingerprint density at radius 2 is 2.00 bits per heavy atom. The molecule has 2 aliphatic rings. The lowest BCUT2D eigenvalue weighted by Gasteiger charge is -2.36. The molecule has 18 heavy (non-hydrogen) atoms. The van der Waals surface area contributed by atoms with Gasteiger partial charge in [0, 0.05) is 19.3 Å². The van der Waals surface area contributed by atoms with Crippen molar-refractivity contribution in [3.05, 3.63) is 35.1 Å². The van der Waals surface area contributed by atoms with E-state index >= 15 is 0 Å². The van der Waals surface area contributed by atoms with Crippen LogP contribution in [-0.4, -0.2) is 22.9 Å². The topological polar surface area (TPSA) is 29.5 Å². The first-order valence-corrected chi connectivity index (χ1v) is 6.67. The van der Waals surface area contributed by atoms with Crippen LogP contribution in [0.4, 0.5) is 4.39 Å². The van der Waals surface area contributed by atoms with E-state index in [0.717, 1.165) is 24.0 Å². The molecular formula is C15H19FO2. The molecule has 2 bridgehead atoms. The highest BCUT2D eigenvalue weighted by Crippen LogP contribution is 2.40. The standard InChI is InChI=1S/C15H19FO2/c1-10-2-3-12(16)6-11(10)7-15(17)8-13-4-5-14(9-15)18-13/h2-3,6,13-14,17H,4-5,7-9H2,1H3. The Kier molecular flexibility index (Phi) is 2.91. The molecule has 0 radical (unpaired) electrons. The van der Waals surface area contributed by atoms with Crippen molar-refractivity contribution < 1.29 is 14.2 Å². The van der Waals surface area contributed by atoms with Crippen LogP contribution >= 0.6 is 0 Å². The Labute approximate surface area is 107 Å². The fourth-order valence-electron chi connectivity index (χ4n) is 3.34. The molecule has 2 aliphatic heterocycles. The number of ether oxygens (including phenoxy) is 1. The minimum atomic E-state index is -0.720. The summed E-state index contributed by atoms with van der Waals surface area (Å²) in [5, 5.41) is 10.7. The van der Waals surface area contributed by atoms with Crippen LogP contribution in [-0.2, 0) is 11.2 Å². The van der Waals surface area contributed by atoms with Crippen molar-refractivity contribution in [1.29, 1.82) is 0 Å². The molecule has 2 fully saturated rings. The van der Waals surface area contributed by atoms with Gasteiger partial charge in [-0.05, 0) is 43.0 Å². The van der Waals surface area contributed by atoms with E-state index in [1.54, 1.807) is 12.1 Å². The first-order chi connectivity index (χ1) is 8.54. The van der Waals surface area contributed by atoms with Crippen molar-refractivity contribution in [1.82, 2.24) is 0 Å². The van der Waals surface area contributed by atoms with Gasteiger partial charge in [0.25, 0.3) is 0 Å². The predicted octanol–water partition coefficient (Wildman–Crippen LogP) is 2.75. The fourth-order valence-corrected chi connectivity index (χ4v) is 3.34. The van der Waals surface area contributed by atoms with Crippen LogP contribution < -0.4 is 0 Å². The van der Waals surface area contributed by atoms with E-state index in [1.807, 2.05) is 6.92 Å². The van der Waals surface area contributed by atoms with E-state index in [9.17, 15) is 9.50 Å². The second-order valence-corrected chi connectivity index (χ2v) is 5.84. The van der Waals surface area contributed by atoms with Gasteiger partial charge in [0.2, 0.25) is 0 Å². The van der Waals surface area contributed by atoms with Gasteiger partial charge in [0.15, 0.2) is 0 Å². The van der Waals surface area contributed by atoms with Gasteiger partial charge in [-0.25, -0.2) is 4.39 Å². The molecule has 1 N–H and O–H groups in total. The Bertz CT molecular complexity index is 446. The zero-order chi connectivity index (χ0) is 12.8. The van der Waals surface area contributed by atoms with Crippen molar-refractivity contribution in [2.75, 3.05) is 0 Å². The highest BCUT2D eigenvalue weighted by Gasteiger charge is 2.43. The first kappa shape index (κ1) is 12.1. The number of hydrogen-bond donors (Lipinski definition) is 1. The van der Waals surface area contributed by atoms with Crippen LogP contribution in [0.3, 0.4) is 0 Å². The summed E-state index contributed by atoms with van der Waals surface area (Å²) in [6.07, 6.45) is 4.39. The van der Waals surface area contributed by atoms with Gasteiger partial charge in [-0.1, -0.05) is 6.07 Å². The van der Waals surface area contributed by atoms with Gasteiger partial charge in [0.05, 0.1) is 17.8 Å². The molecule has 0 aliphatic carbocycles. The van der Waals surface area contributed by atoms with Gasteiger partial charge in [-0.15, -0.1) is 0 Å². The summed E-state index contributed by atoms with van der Waals surface area (Å²) in [5.74, 6) is -0.228. The largest absolute Gasteiger partial charge is 0.389 e. The van der Waals surface area contributed by atoms with Crippen LogP contribution in [0.25, 0.3) is 0 Å². The number of benzene rings is 1. The number of rotatable bonds is 2. The van der Waals surface area contributed by atoms with Crippen molar-refractivity contribution in [3.63, 3.8) is 0 Å². The maximum atomic E-state index is 13.3. The van der Waals surface area contributed by atoms with Gasteiger partial charge in [-0.3, -0.25) is 0 Å². The quantitative estimate of drug-likeness (QED) is 0.874. The molecule has 2 nitrogen and oxygen atoms in total. The summed E-state index contributed by atoms with van der Waals surface area (Å²) in [5.41, 5.74) is 1.24. The van der Waals surface area contributed by atoms with E-state index < -0.39 is 5.60 Å². The minimum absolute atomic E-state index is 0.197. The molecule has 1 aromatic rings. The molecule has 1 aromatic carbocycles. The van der Waals surface area contributed by atoms with Crippen molar-refractivity contribution in [2.24, 2.45) is 0 Å². The molecule has 3 rings (SSSR count). The second kappa shape index (κ2) is 4.32. The summed E-state index contributed by atoms with van der Waals surface area (Å²) in [6, 6.07) is 4.79. The molecule has 2 atom stereocenters. The summed E-state index contributed by atoms with van der Waals surface area (Å²) in [4.78, 5) is 0. The Hall–Kier alpha value is -0.930. The molecule has 2 unspecified atom stereocenters. The van der Waals surface area contributed by atoms with Crippen LogP contribution in [0.15, 0.2) is 18.2 Å². The highest BCUT2D eigenvalue weighted by atomic mass is 19.1. The number of aryl methyl sites for hydroxylation is 1. The molecule has 0 spiro atoms. The lowest BCUT2D eigenvalue weighted by atomic mass is 9.83. The van der Waals surface area contributed by atoms with E-state index in [1.165, 1.54) is 6.07 Å². The molecule has 0 saturated carbocycles. The lowest BCUT2D eigenvalue weighted by Crippen LogP contribution is -2.42. The lowest BCUT2D eigenvalue weighted by molar-refractivity contribution is -0.110. The third-order valence-electron chi connectivity index (χ3n) is 4.24. The number of halogens is 1. The Morgan fingerprint density at radius 3 is 2.67 bits per heavy atom. The molecule has 2 saturated heterocycles. The van der Waals surface area contributed by atoms with E-state index in [4.69, 9.17) is 4.74 Å². The van der Waals surface area contributed by atoms with Crippen molar-refractivity contribution in [2.45, 2.75) is 56.8 Å². The molecule has 0 aromatic heterocycles. The Balaban J connectivity index is 1.81. The monoisotopic (exact) mass is 250 g/mol.